The van der Waals surface area contributed by atoms with Crippen LogP contribution in [-0.2, 0) is 9.84 Å². The van der Waals surface area contributed by atoms with E-state index in [1.807, 2.05) is 0 Å². The van der Waals surface area contributed by atoms with Crippen molar-refractivity contribution in [1.82, 2.24) is 4.98 Å². The number of aromatic nitrogens is 1. The molecule has 0 unspecified atom stereocenters. The van der Waals surface area contributed by atoms with Gasteiger partial charge in [0.25, 0.3) is 5.56 Å². The zero-order valence-corrected chi connectivity index (χ0v) is 10.1. The first-order chi connectivity index (χ1) is 6.76. The third kappa shape index (κ3) is 2.12. The number of aromatic amines is 1. The van der Waals surface area contributed by atoms with Gasteiger partial charge in [-0.05, 0) is 39.3 Å². The lowest BCUT2D eigenvalue weighted by atomic mass is 10.2. The molecule has 0 aliphatic rings. The number of hydrogen-bond acceptors (Lipinski definition) is 3. The van der Waals surface area contributed by atoms with Gasteiger partial charge in [-0.3, -0.25) is 4.79 Å². The van der Waals surface area contributed by atoms with Crippen molar-refractivity contribution in [1.29, 1.82) is 0 Å². The molecule has 1 aromatic heterocycles. The summed E-state index contributed by atoms with van der Waals surface area (Å²) in [6, 6.07) is 1.43. The molecule has 1 heterocycles. The van der Waals surface area contributed by atoms with Crippen LogP contribution in [0.1, 0.15) is 25.1 Å². The first-order valence-electron chi connectivity index (χ1n) is 4.71. The Morgan fingerprint density at radius 3 is 2.27 bits per heavy atom. The summed E-state index contributed by atoms with van der Waals surface area (Å²) in [6.07, 6.45) is 0. The van der Waals surface area contributed by atoms with Gasteiger partial charge in [0.1, 0.15) is 4.90 Å². The van der Waals surface area contributed by atoms with E-state index in [0.717, 1.165) is 5.56 Å². The van der Waals surface area contributed by atoms with Gasteiger partial charge in [-0.1, -0.05) is 0 Å². The minimum Gasteiger partial charge on any atom is -0.325 e. The molecule has 0 aromatic carbocycles. The number of pyridine rings is 1. The summed E-state index contributed by atoms with van der Waals surface area (Å²) in [5, 5.41) is -0.583. The third-order valence-corrected chi connectivity index (χ3v) is 4.55. The van der Waals surface area contributed by atoms with Crippen LogP contribution in [0.15, 0.2) is 15.8 Å². The standard InChI is InChI=1S/C10H15NO3S/c1-6(2)15(13,14)9-5-7(3)8(4)11-10(9)12/h5-6H,1-4H3,(H,11,12). The van der Waals surface area contributed by atoms with Crippen LogP contribution in [0.3, 0.4) is 0 Å². The van der Waals surface area contributed by atoms with Crippen LogP contribution in [0.2, 0.25) is 0 Å². The highest BCUT2D eigenvalue weighted by molar-refractivity contribution is 7.92. The summed E-state index contributed by atoms with van der Waals surface area (Å²) in [5.41, 5.74) is 0.934. The number of hydrogen-bond donors (Lipinski definition) is 1. The van der Waals surface area contributed by atoms with E-state index in [2.05, 4.69) is 4.98 Å². The molecule has 0 aliphatic carbocycles. The predicted octanol–water partition coefficient (Wildman–Crippen LogP) is 1.17. The maximum absolute atomic E-state index is 11.8. The zero-order chi connectivity index (χ0) is 11.8. The largest absolute Gasteiger partial charge is 0.325 e. The first kappa shape index (κ1) is 12.0. The minimum absolute atomic E-state index is 0.138. The Labute approximate surface area is 89.3 Å². The average molecular weight is 229 g/mol. The van der Waals surface area contributed by atoms with Gasteiger partial charge in [0.15, 0.2) is 9.84 Å². The molecule has 1 N–H and O–H groups in total. The summed E-state index contributed by atoms with van der Waals surface area (Å²) in [6.45, 7) is 6.63. The van der Waals surface area contributed by atoms with Crippen LogP contribution in [-0.4, -0.2) is 18.7 Å². The van der Waals surface area contributed by atoms with Gasteiger partial charge in [0.2, 0.25) is 0 Å². The fourth-order valence-corrected chi connectivity index (χ4v) is 2.32. The molecule has 0 spiro atoms. The average Bonchev–Trinajstić information content (AvgIpc) is 2.10. The molecule has 0 bridgehead atoms. The second-order valence-corrected chi connectivity index (χ2v) is 6.34. The number of aryl methyl sites for hydroxylation is 2. The van der Waals surface area contributed by atoms with Gasteiger partial charge < -0.3 is 4.98 Å². The Morgan fingerprint density at radius 1 is 1.27 bits per heavy atom. The molecule has 0 radical (unpaired) electrons. The van der Waals surface area contributed by atoms with Gasteiger partial charge in [-0.2, -0.15) is 0 Å². The second-order valence-electron chi connectivity index (χ2n) is 3.86. The van der Waals surface area contributed by atoms with E-state index in [1.165, 1.54) is 6.07 Å². The highest BCUT2D eigenvalue weighted by Crippen LogP contribution is 2.13. The van der Waals surface area contributed by atoms with Crippen molar-refractivity contribution >= 4 is 9.84 Å². The van der Waals surface area contributed by atoms with Crippen molar-refractivity contribution in [2.75, 3.05) is 0 Å². The van der Waals surface area contributed by atoms with Crippen molar-refractivity contribution < 1.29 is 8.42 Å². The molecular weight excluding hydrogens is 214 g/mol. The molecule has 0 atom stereocenters. The summed E-state index contributed by atoms with van der Waals surface area (Å²) >= 11 is 0. The minimum atomic E-state index is -3.49. The molecule has 0 amide bonds. The van der Waals surface area contributed by atoms with Crippen molar-refractivity contribution in [2.24, 2.45) is 0 Å². The van der Waals surface area contributed by atoms with E-state index < -0.39 is 20.6 Å². The Hall–Kier alpha value is -1.10. The summed E-state index contributed by atoms with van der Waals surface area (Å²) in [5.74, 6) is 0. The molecule has 1 rings (SSSR count). The topological polar surface area (TPSA) is 67.0 Å². The number of nitrogens with one attached hydrogen (secondary N) is 1. The number of rotatable bonds is 2. The number of H-pyrrole nitrogens is 1. The first-order valence-corrected chi connectivity index (χ1v) is 6.26. The van der Waals surface area contributed by atoms with E-state index >= 15 is 0 Å². The second kappa shape index (κ2) is 3.81. The molecule has 0 fully saturated rings. The van der Waals surface area contributed by atoms with Crippen LogP contribution >= 0.6 is 0 Å². The molecule has 0 saturated carbocycles. The van der Waals surface area contributed by atoms with Crippen molar-refractivity contribution in [2.45, 2.75) is 37.8 Å². The van der Waals surface area contributed by atoms with Gasteiger partial charge in [-0.25, -0.2) is 8.42 Å². The molecule has 15 heavy (non-hydrogen) atoms. The highest BCUT2D eigenvalue weighted by Gasteiger charge is 2.23. The molecule has 0 aliphatic heterocycles. The maximum atomic E-state index is 11.8. The quantitative estimate of drug-likeness (QED) is 0.828. The smallest absolute Gasteiger partial charge is 0.266 e. The molecule has 4 nitrogen and oxygen atoms in total. The molecular formula is C10H15NO3S. The Bertz CT molecular complexity index is 526. The van der Waals surface area contributed by atoms with Crippen LogP contribution < -0.4 is 5.56 Å². The normalized spacial score (nSPS) is 12.1. The monoisotopic (exact) mass is 229 g/mol. The van der Waals surface area contributed by atoms with E-state index in [-0.39, 0.29) is 4.90 Å². The summed E-state index contributed by atoms with van der Waals surface area (Å²) < 4.78 is 23.6. The Balaban J connectivity index is 3.54. The Kier molecular flexibility index (Phi) is 3.04. The van der Waals surface area contributed by atoms with Crippen molar-refractivity contribution in [3.8, 4) is 0 Å². The summed E-state index contributed by atoms with van der Waals surface area (Å²) in [4.78, 5) is 13.9. The zero-order valence-electron chi connectivity index (χ0n) is 9.29. The lowest BCUT2D eigenvalue weighted by Crippen LogP contribution is -2.24. The van der Waals surface area contributed by atoms with E-state index in [9.17, 15) is 13.2 Å². The molecule has 1 aromatic rings. The lowest BCUT2D eigenvalue weighted by Gasteiger charge is -2.08. The van der Waals surface area contributed by atoms with Crippen LogP contribution in [0.5, 0.6) is 0 Å². The van der Waals surface area contributed by atoms with Gasteiger partial charge in [0, 0.05) is 5.69 Å². The molecule has 0 saturated heterocycles. The van der Waals surface area contributed by atoms with Crippen molar-refractivity contribution in [3.63, 3.8) is 0 Å². The van der Waals surface area contributed by atoms with Gasteiger partial charge in [-0.15, -0.1) is 0 Å². The van der Waals surface area contributed by atoms with Gasteiger partial charge >= 0.3 is 0 Å². The molecule has 5 heteroatoms. The highest BCUT2D eigenvalue weighted by atomic mass is 32.2. The van der Waals surface area contributed by atoms with Crippen LogP contribution in [0.25, 0.3) is 0 Å². The van der Waals surface area contributed by atoms with Gasteiger partial charge in [0.05, 0.1) is 5.25 Å². The maximum Gasteiger partial charge on any atom is 0.266 e. The van der Waals surface area contributed by atoms with E-state index in [0.29, 0.717) is 5.69 Å². The van der Waals surface area contributed by atoms with Crippen LogP contribution in [0.4, 0.5) is 0 Å². The number of sulfone groups is 1. The van der Waals surface area contributed by atoms with E-state index in [1.54, 1.807) is 27.7 Å². The van der Waals surface area contributed by atoms with Crippen molar-refractivity contribution in [3.05, 3.63) is 27.7 Å². The van der Waals surface area contributed by atoms with E-state index in [4.69, 9.17) is 0 Å². The molecule has 84 valence electrons. The lowest BCUT2D eigenvalue weighted by molar-refractivity contribution is 0.585. The Morgan fingerprint density at radius 2 is 1.80 bits per heavy atom. The van der Waals surface area contributed by atoms with Crippen LogP contribution in [0, 0.1) is 13.8 Å². The summed E-state index contributed by atoms with van der Waals surface area (Å²) in [7, 11) is -3.49. The fourth-order valence-electron chi connectivity index (χ4n) is 1.17. The fraction of sp³-hybridized carbons (Fsp3) is 0.500. The predicted molar refractivity (Wildman–Crippen MR) is 58.9 cm³/mol. The SMILES string of the molecule is Cc1cc(S(=O)(=O)C(C)C)c(=O)[nH]c1C. The third-order valence-electron chi connectivity index (χ3n) is 2.39.